The van der Waals surface area contributed by atoms with Gasteiger partial charge in [0, 0.05) is 44.9 Å². The van der Waals surface area contributed by atoms with Crippen LogP contribution in [0.1, 0.15) is 49.0 Å². The molecule has 4 heteroatoms. The summed E-state index contributed by atoms with van der Waals surface area (Å²) in [5.74, 6) is 0.152. The lowest BCUT2D eigenvalue weighted by atomic mass is 9.86. The Kier molecular flexibility index (Phi) is 7.49. The van der Waals surface area contributed by atoms with E-state index in [0.717, 1.165) is 38.2 Å². The molecule has 1 aliphatic rings. The van der Waals surface area contributed by atoms with Gasteiger partial charge in [-0.15, -0.1) is 0 Å². The molecule has 2 N–H and O–H groups in total. The van der Waals surface area contributed by atoms with Gasteiger partial charge in [0.25, 0.3) is 0 Å². The molecule has 3 rings (SSSR count). The number of nitrogens with zero attached hydrogens (tertiary/aromatic N) is 1. The Balaban J connectivity index is 1.79. The maximum Gasteiger partial charge on any atom is 0.0797 e. The van der Waals surface area contributed by atoms with Gasteiger partial charge in [0.05, 0.1) is 12.2 Å². The van der Waals surface area contributed by atoms with Crippen LogP contribution in [0.25, 0.3) is 0 Å². The minimum absolute atomic E-state index is 0.0443. The predicted octanol–water partition coefficient (Wildman–Crippen LogP) is 3.90. The summed E-state index contributed by atoms with van der Waals surface area (Å²) in [5.41, 5.74) is 4.84. The van der Waals surface area contributed by atoms with Gasteiger partial charge in [-0.1, -0.05) is 49.4 Å². The Morgan fingerprint density at radius 3 is 2.43 bits per heavy atom. The van der Waals surface area contributed by atoms with Crippen LogP contribution in [0.15, 0.2) is 48.5 Å². The largest absolute Gasteiger partial charge is 0.388 e. The molecule has 1 heterocycles. The summed E-state index contributed by atoms with van der Waals surface area (Å²) in [6.07, 6.45) is 1.15. The lowest BCUT2D eigenvalue weighted by molar-refractivity contribution is 0.0659. The first-order valence-electron chi connectivity index (χ1n) is 10.5. The molecule has 0 bridgehead atoms. The van der Waals surface area contributed by atoms with Gasteiger partial charge in [0.2, 0.25) is 0 Å². The number of aryl methyl sites for hydroxylation is 1. The second kappa shape index (κ2) is 10.1. The third-order valence-electron chi connectivity index (χ3n) is 5.97. The van der Waals surface area contributed by atoms with Gasteiger partial charge >= 0.3 is 0 Å². The van der Waals surface area contributed by atoms with Crippen molar-refractivity contribution >= 4 is 5.69 Å². The van der Waals surface area contributed by atoms with Crippen molar-refractivity contribution in [1.29, 1.82) is 0 Å². The van der Waals surface area contributed by atoms with Crippen molar-refractivity contribution in [2.75, 3.05) is 38.2 Å². The van der Waals surface area contributed by atoms with Crippen LogP contribution in [0.5, 0.6) is 0 Å². The number of rotatable bonds is 8. The lowest BCUT2D eigenvalue weighted by Gasteiger charge is -2.32. The molecule has 1 aliphatic heterocycles. The maximum atomic E-state index is 11.0. The van der Waals surface area contributed by atoms with Crippen molar-refractivity contribution in [2.24, 2.45) is 0 Å². The van der Waals surface area contributed by atoms with Crippen molar-refractivity contribution in [1.82, 2.24) is 5.32 Å². The molecule has 28 heavy (non-hydrogen) atoms. The smallest absolute Gasteiger partial charge is 0.0797 e. The van der Waals surface area contributed by atoms with E-state index in [1.165, 1.54) is 16.8 Å². The number of ether oxygens (including phenoxy) is 1. The van der Waals surface area contributed by atoms with E-state index in [-0.39, 0.29) is 12.0 Å². The SMILES string of the molecule is CCc1cc(C(O)CC(c2ccccc2)C(C)OC)ccc1N1CCNCC1. The molecule has 4 nitrogen and oxygen atoms in total. The van der Waals surface area contributed by atoms with Gasteiger partial charge in [-0.25, -0.2) is 0 Å². The number of aliphatic hydroxyl groups excluding tert-OH is 1. The van der Waals surface area contributed by atoms with E-state index >= 15 is 0 Å². The van der Waals surface area contributed by atoms with E-state index in [2.05, 4.69) is 66.5 Å². The van der Waals surface area contributed by atoms with Crippen LogP contribution >= 0.6 is 0 Å². The van der Waals surface area contributed by atoms with Crippen LogP contribution in [0.2, 0.25) is 0 Å². The summed E-state index contributed by atoms with van der Waals surface area (Å²) in [7, 11) is 1.74. The average Bonchev–Trinajstić information content (AvgIpc) is 2.77. The monoisotopic (exact) mass is 382 g/mol. The highest BCUT2D eigenvalue weighted by molar-refractivity contribution is 5.56. The molecule has 1 saturated heterocycles. The van der Waals surface area contributed by atoms with Crippen molar-refractivity contribution in [2.45, 2.75) is 44.8 Å². The Morgan fingerprint density at radius 2 is 1.79 bits per heavy atom. The van der Waals surface area contributed by atoms with E-state index in [1.807, 2.05) is 6.07 Å². The van der Waals surface area contributed by atoms with E-state index < -0.39 is 6.10 Å². The Labute approximate surface area is 169 Å². The fraction of sp³-hybridized carbons (Fsp3) is 0.500. The predicted molar refractivity (Wildman–Crippen MR) is 116 cm³/mol. The zero-order chi connectivity index (χ0) is 19.9. The normalized spacial score (nSPS) is 17.9. The first kappa shape index (κ1) is 20.8. The van der Waals surface area contributed by atoms with E-state index in [0.29, 0.717) is 6.42 Å². The second-order valence-corrected chi connectivity index (χ2v) is 7.69. The third kappa shape index (κ3) is 4.93. The summed E-state index contributed by atoms with van der Waals surface area (Å²) < 4.78 is 5.62. The molecule has 3 atom stereocenters. The van der Waals surface area contributed by atoms with E-state index in [1.54, 1.807) is 7.11 Å². The van der Waals surface area contributed by atoms with Crippen LogP contribution in [0, 0.1) is 0 Å². The summed E-state index contributed by atoms with van der Waals surface area (Å²) in [6.45, 7) is 8.40. The van der Waals surface area contributed by atoms with Crippen LogP contribution in [0.4, 0.5) is 5.69 Å². The van der Waals surface area contributed by atoms with Gasteiger partial charge in [-0.3, -0.25) is 0 Å². The fourth-order valence-corrected chi connectivity index (χ4v) is 4.15. The van der Waals surface area contributed by atoms with Crippen molar-refractivity contribution in [3.63, 3.8) is 0 Å². The fourth-order valence-electron chi connectivity index (χ4n) is 4.15. The zero-order valence-corrected chi connectivity index (χ0v) is 17.4. The number of aliphatic hydroxyl groups is 1. The summed E-state index contributed by atoms with van der Waals surface area (Å²) in [6, 6.07) is 16.9. The van der Waals surface area contributed by atoms with Crippen molar-refractivity contribution in [3.05, 3.63) is 65.2 Å². The van der Waals surface area contributed by atoms with Crippen molar-refractivity contribution < 1.29 is 9.84 Å². The molecule has 0 spiro atoms. The van der Waals surface area contributed by atoms with Crippen molar-refractivity contribution in [3.8, 4) is 0 Å². The number of anilines is 1. The topological polar surface area (TPSA) is 44.7 Å². The van der Waals surface area contributed by atoms with Gasteiger partial charge < -0.3 is 20.1 Å². The highest BCUT2D eigenvalue weighted by atomic mass is 16.5. The van der Waals surface area contributed by atoms with Gasteiger partial charge in [0.1, 0.15) is 0 Å². The minimum Gasteiger partial charge on any atom is -0.388 e. The van der Waals surface area contributed by atoms with E-state index in [9.17, 15) is 5.11 Å². The number of hydrogen-bond acceptors (Lipinski definition) is 4. The maximum absolute atomic E-state index is 11.0. The number of methoxy groups -OCH3 is 1. The zero-order valence-electron chi connectivity index (χ0n) is 17.4. The minimum atomic E-state index is -0.509. The molecule has 0 aromatic heterocycles. The number of hydrogen-bond donors (Lipinski definition) is 2. The highest BCUT2D eigenvalue weighted by Gasteiger charge is 2.24. The van der Waals surface area contributed by atoms with Crippen LogP contribution < -0.4 is 10.2 Å². The second-order valence-electron chi connectivity index (χ2n) is 7.69. The van der Waals surface area contributed by atoms with E-state index in [4.69, 9.17) is 4.74 Å². The summed E-state index contributed by atoms with van der Waals surface area (Å²) in [5, 5.41) is 14.4. The first-order valence-corrected chi connectivity index (χ1v) is 10.5. The van der Waals surface area contributed by atoms with Crippen LogP contribution in [-0.2, 0) is 11.2 Å². The molecule has 0 aliphatic carbocycles. The molecule has 2 aromatic rings. The first-order chi connectivity index (χ1) is 13.6. The average molecular weight is 383 g/mol. The molecular formula is C24H34N2O2. The molecule has 0 radical (unpaired) electrons. The molecule has 3 unspecified atom stereocenters. The Bertz CT molecular complexity index is 729. The molecule has 1 fully saturated rings. The Morgan fingerprint density at radius 1 is 1.07 bits per heavy atom. The lowest BCUT2D eigenvalue weighted by Crippen LogP contribution is -2.43. The molecule has 2 aromatic carbocycles. The van der Waals surface area contributed by atoms with Gasteiger partial charge in [0.15, 0.2) is 0 Å². The van der Waals surface area contributed by atoms with Crippen LogP contribution in [0.3, 0.4) is 0 Å². The highest BCUT2D eigenvalue weighted by Crippen LogP contribution is 2.34. The number of nitrogens with one attached hydrogen (secondary N) is 1. The number of piperazine rings is 1. The van der Waals surface area contributed by atoms with Gasteiger partial charge in [-0.05, 0) is 42.5 Å². The molecule has 152 valence electrons. The molecule has 0 amide bonds. The Hall–Kier alpha value is -1.88. The number of benzene rings is 2. The standard InChI is InChI=1S/C24H34N2O2/c1-4-19-16-21(10-11-23(19)26-14-12-25-13-15-26)24(27)17-22(18(2)28-3)20-8-6-5-7-9-20/h5-11,16,18,22,24-25,27H,4,12-15,17H2,1-3H3. The van der Waals surface area contributed by atoms with Crippen LogP contribution in [-0.4, -0.2) is 44.5 Å². The summed E-state index contributed by atoms with van der Waals surface area (Å²) in [4.78, 5) is 2.45. The van der Waals surface area contributed by atoms with Gasteiger partial charge in [-0.2, -0.15) is 0 Å². The molecule has 0 saturated carbocycles. The quantitative estimate of drug-likeness (QED) is 0.727. The summed E-state index contributed by atoms with van der Waals surface area (Å²) >= 11 is 0. The molecular weight excluding hydrogens is 348 g/mol. The third-order valence-corrected chi connectivity index (χ3v) is 5.97.